The molecule has 4 heteroatoms. The van der Waals surface area contributed by atoms with Gasteiger partial charge < -0.3 is 0 Å². The Bertz CT molecular complexity index is 279. The van der Waals surface area contributed by atoms with E-state index in [0.29, 0.717) is 0 Å². The second kappa shape index (κ2) is 3.46. The fourth-order valence-corrected chi connectivity index (χ4v) is 1.88. The molecular weight excluding hydrogens is 172 g/mol. The number of nitrogens with zero attached hydrogens (tertiary/aromatic N) is 1. The monoisotopic (exact) mass is 188 g/mol. The molecule has 70 valence electrons. The standard InChI is InChI=1S/C8H16N2OS/c1-6-7-10(5)12(9,11)8(2,3)4/h1,9H,7H2,2-5H3. The molecule has 0 aromatic rings. The normalized spacial score (nSPS) is 17.0. The third-order valence-electron chi connectivity index (χ3n) is 1.58. The van der Waals surface area contributed by atoms with Crippen LogP contribution in [0, 0.1) is 17.1 Å². The van der Waals surface area contributed by atoms with Crippen molar-refractivity contribution in [3.05, 3.63) is 0 Å². The minimum atomic E-state index is -2.75. The van der Waals surface area contributed by atoms with Crippen LogP contribution < -0.4 is 0 Å². The highest BCUT2D eigenvalue weighted by Crippen LogP contribution is 2.18. The van der Waals surface area contributed by atoms with Crippen LogP contribution in [-0.2, 0) is 9.92 Å². The fourth-order valence-electron chi connectivity index (χ4n) is 0.687. The number of hydrogen-bond donors (Lipinski definition) is 1. The van der Waals surface area contributed by atoms with Crippen molar-refractivity contribution in [1.82, 2.24) is 4.31 Å². The first-order valence-electron chi connectivity index (χ1n) is 3.66. The lowest BCUT2D eigenvalue weighted by atomic mass is 10.3. The Hall–Kier alpha value is -0.530. The fraction of sp³-hybridized carbons (Fsp3) is 0.750. The van der Waals surface area contributed by atoms with Crippen LogP contribution in [0.1, 0.15) is 20.8 Å². The molecule has 0 heterocycles. The molecule has 0 aliphatic rings. The molecular formula is C8H16N2OS. The van der Waals surface area contributed by atoms with E-state index in [-0.39, 0.29) is 6.54 Å². The highest BCUT2D eigenvalue weighted by molar-refractivity contribution is 7.91. The Balaban J connectivity index is 4.79. The lowest BCUT2D eigenvalue weighted by Gasteiger charge is -2.28. The summed E-state index contributed by atoms with van der Waals surface area (Å²) < 4.78 is 20.3. The van der Waals surface area contributed by atoms with Crippen molar-refractivity contribution in [3.63, 3.8) is 0 Å². The topological polar surface area (TPSA) is 44.2 Å². The van der Waals surface area contributed by atoms with E-state index in [4.69, 9.17) is 11.2 Å². The van der Waals surface area contributed by atoms with Crippen molar-refractivity contribution >= 4 is 9.92 Å². The van der Waals surface area contributed by atoms with Crippen LogP contribution in [0.3, 0.4) is 0 Å². The second-order valence-electron chi connectivity index (χ2n) is 3.63. The molecule has 0 aliphatic carbocycles. The average Bonchev–Trinajstić information content (AvgIpc) is 1.85. The van der Waals surface area contributed by atoms with E-state index >= 15 is 0 Å². The molecule has 3 nitrogen and oxygen atoms in total. The van der Waals surface area contributed by atoms with Gasteiger partial charge in [-0.3, -0.25) is 0 Å². The predicted molar refractivity (Wildman–Crippen MR) is 52.1 cm³/mol. The minimum absolute atomic E-state index is 0.250. The van der Waals surface area contributed by atoms with Crippen molar-refractivity contribution in [1.29, 1.82) is 4.78 Å². The largest absolute Gasteiger partial charge is 0.240 e. The Morgan fingerprint density at radius 1 is 1.58 bits per heavy atom. The zero-order valence-electron chi connectivity index (χ0n) is 8.05. The Kier molecular flexibility index (Phi) is 3.31. The van der Waals surface area contributed by atoms with Crippen molar-refractivity contribution in [3.8, 4) is 12.3 Å². The molecule has 0 aliphatic heterocycles. The van der Waals surface area contributed by atoms with Crippen LogP contribution in [0.2, 0.25) is 0 Å². The molecule has 0 aromatic heterocycles. The smallest absolute Gasteiger partial charge is 0.113 e. The number of hydrogen-bond acceptors (Lipinski definition) is 2. The van der Waals surface area contributed by atoms with E-state index in [1.807, 2.05) is 0 Å². The van der Waals surface area contributed by atoms with Gasteiger partial charge in [0.15, 0.2) is 0 Å². The molecule has 1 atom stereocenters. The molecule has 1 N–H and O–H groups in total. The molecule has 0 bridgehead atoms. The minimum Gasteiger partial charge on any atom is -0.240 e. The summed E-state index contributed by atoms with van der Waals surface area (Å²) in [4.78, 5) is 0. The molecule has 0 spiro atoms. The van der Waals surface area contributed by atoms with Gasteiger partial charge in [-0.05, 0) is 20.8 Å². The summed E-state index contributed by atoms with van der Waals surface area (Å²) in [6.45, 7) is 5.57. The van der Waals surface area contributed by atoms with Crippen molar-refractivity contribution in [2.75, 3.05) is 13.6 Å². The summed E-state index contributed by atoms with van der Waals surface area (Å²) >= 11 is 0. The number of rotatable bonds is 2. The maximum Gasteiger partial charge on any atom is 0.113 e. The van der Waals surface area contributed by atoms with Gasteiger partial charge in [-0.25, -0.2) is 13.3 Å². The third-order valence-corrected chi connectivity index (χ3v) is 4.25. The summed E-state index contributed by atoms with van der Waals surface area (Å²) in [7, 11) is -1.14. The summed E-state index contributed by atoms with van der Waals surface area (Å²) in [5, 5.41) is 0. The van der Waals surface area contributed by atoms with Gasteiger partial charge in [0.2, 0.25) is 0 Å². The molecule has 0 rings (SSSR count). The van der Waals surface area contributed by atoms with Gasteiger partial charge in [-0.2, -0.15) is 0 Å². The molecule has 0 amide bonds. The van der Waals surface area contributed by atoms with Gasteiger partial charge in [0, 0.05) is 7.05 Å². The second-order valence-corrected chi connectivity index (χ2v) is 6.53. The van der Waals surface area contributed by atoms with Gasteiger partial charge in [-0.1, -0.05) is 5.92 Å². The summed E-state index contributed by atoms with van der Waals surface area (Å²) in [5.41, 5.74) is 0. The molecule has 0 fully saturated rings. The van der Waals surface area contributed by atoms with Crippen LogP contribution in [-0.4, -0.2) is 26.9 Å². The Labute approximate surface area is 75.3 Å². The molecule has 1 unspecified atom stereocenters. The van der Waals surface area contributed by atoms with E-state index in [9.17, 15) is 4.21 Å². The highest BCUT2D eigenvalue weighted by atomic mass is 32.2. The van der Waals surface area contributed by atoms with E-state index in [2.05, 4.69) is 5.92 Å². The zero-order valence-corrected chi connectivity index (χ0v) is 8.86. The quantitative estimate of drug-likeness (QED) is 0.652. The van der Waals surface area contributed by atoms with E-state index in [1.54, 1.807) is 27.8 Å². The maximum absolute atomic E-state index is 11.8. The van der Waals surface area contributed by atoms with Crippen LogP contribution in [0.5, 0.6) is 0 Å². The molecule has 0 saturated carbocycles. The third kappa shape index (κ3) is 2.23. The van der Waals surface area contributed by atoms with Crippen LogP contribution >= 0.6 is 0 Å². The lowest BCUT2D eigenvalue weighted by molar-refractivity contribution is 0.530. The lowest BCUT2D eigenvalue weighted by Crippen LogP contribution is -2.39. The van der Waals surface area contributed by atoms with Crippen molar-refractivity contribution < 1.29 is 4.21 Å². The van der Waals surface area contributed by atoms with E-state index < -0.39 is 14.7 Å². The van der Waals surface area contributed by atoms with Gasteiger partial charge >= 0.3 is 0 Å². The molecule has 12 heavy (non-hydrogen) atoms. The van der Waals surface area contributed by atoms with Crippen LogP contribution in [0.15, 0.2) is 0 Å². The van der Waals surface area contributed by atoms with Gasteiger partial charge in [-0.15, -0.1) is 6.42 Å². The van der Waals surface area contributed by atoms with Crippen LogP contribution in [0.25, 0.3) is 0 Å². The van der Waals surface area contributed by atoms with Crippen molar-refractivity contribution in [2.45, 2.75) is 25.5 Å². The van der Waals surface area contributed by atoms with E-state index in [0.717, 1.165) is 0 Å². The van der Waals surface area contributed by atoms with Gasteiger partial charge in [0.25, 0.3) is 0 Å². The molecule has 0 aromatic carbocycles. The SMILES string of the molecule is C#CCN(C)S(=N)(=O)C(C)(C)C. The number of terminal acetylenes is 1. The first-order valence-corrected chi connectivity index (χ1v) is 5.18. The first-order chi connectivity index (χ1) is 5.23. The number of nitrogens with one attached hydrogen (secondary N) is 1. The average molecular weight is 188 g/mol. The summed E-state index contributed by atoms with van der Waals surface area (Å²) in [6, 6.07) is 0. The van der Waals surface area contributed by atoms with E-state index in [1.165, 1.54) is 4.31 Å². The molecule has 0 radical (unpaired) electrons. The zero-order chi connectivity index (χ0) is 9.99. The van der Waals surface area contributed by atoms with Gasteiger partial charge in [0.1, 0.15) is 9.92 Å². The summed E-state index contributed by atoms with van der Waals surface area (Å²) in [6.07, 6.45) is 5.07. The first kappa shape index (κ1) is 11.5. The van der Waals surface area contributed by atoms with Crippen LogP contribution in [0.4, 0.5) is 0 Å². The van der Waals surface area contributed by atoms with Gasteiger partial charge in [0.05, 0.1) is 11.3 Å². The molecule has 0 saturated heterocycles. The Morgan fingerprint density at radius 3 is 2.25 bits per heavy atom. The van der Waals surface area contributed by atoms with Crippen molar-refractivity contribution in [2.24, 2.45) is 0 Å². The summed E-state index contributed by atoms with van der Waals surface area (Å²) in [5.74, 6) is 2.37. The maximum atomic E-state index is 11.8. The Morgan fingerprint density at radius 2 is 2.00 bits per heavy atom. The highest BCUT2D eigenvalue weighted by Gasteiger charge is 2.28. The predicted octanol–water partition coefficient (Wildman–Crippen LogP) is 1.31.